The first kappa shape index (κ1) is 19.4. The van der Waals surface area contributed by atoms with Crippen LogP contribution in [0.15, 0.2) is 47.6 Å². The fourth-order valence-electron chi connectivity index (χ4n) is 4.71. The van der Waals surface area contributed by atoms with Crippen molar-refractivity contribution in [3.8, 4) is 0 Å². The van der Waals surface area contributed by atoms with Crippen LogP contribution in [0.2, 0.25) is 0 Å². The van der Waals surface area contributed by atoms with Gasteiger partial charge >= 0.3 is 6.09 Å². The number of amidine groups is 1. The molecule has 2 aromatic rings. The molecule has 2 atom stereocenters. The lowest BCUT2D eigenvalue weighted by molar-refractivity contribution is -0.0904. The number of H-pyrrole nitrogens is 1. The maximum atomic E-state index is 12.9. The lowest BCUT2D eigenvalue weighted by Crippen LogP contribution is -2.73. The van der Waals surface area contributed by atoms with Crippen molar-refractivity contribution in [1.82, 2.24) is 14.8 Å². The number of nitrogen functional groups attached to an aromatic ring is 1. The molecule has 2 fully saturated rings. The number of carbonyl (C=O) groups excluding carboxylic acids is 1. The second kappa shape index (κ2) is 7.81. The number of aromatic amines is 1. The lowest BCUT2D eigenvalue weighted by Gasteiger charge is -2.60. The van der Waals surface area contributed by atoms with Gasteiger partial charge in [-0.3, -0.25) is 4.99 Å². The zero-order valence-electron chi connectivity index (χ0n) is 17.1. The number of benzene rings is 1. The Labute approximate surface area is 171 Å². The summed E-state index contributed by atoms with van der Waals surface area (Å²) in [5, 5.41) is 0. The first-order valence-electron chi connectivity index (χ1n) is 10.2. The number of nitrogens with zero attached hydrogens (tertiary/aromatic N) is 3. The minimum atomic E-state index is -0.232. The number of piperidine rings is 1. The van der Waals surface area contributed by atoms with Gasteiger partial charge in [0.05, 0.1) is 11.1 Å². The zero-order valence-corrected chi connectivity index (χ0v) is 17.1. The van der Waals surface area contributed by atoms with Crippen LogP contribution in [0.5, 0.6) is 0 Å². The van der Waals surface area contributed by atoms with E-state index in [-0.39, 0.29) is 11.6 Å². The average molecular weight is 396 g/mol. The van der Waals surface area contributed by atoms with Crippen LogP contribution in [-0.2, 0) is 11.3 Å². The van der Waals surface area contributed by atoms with E-state index in [2.05, 4.69) is 21.8 Å². The second-order valence-corrected chi connectivity index (χ2v) is 8.03. The van der Waals surface area contributed by atoms with Crippen LogP contribution in [0.1, 0.15) is 30.9 Å². The summed E-state index contributed by atoms with van der Waals surface area (Å²) in [4.78, 5) is 24.6. The minimum absolute atomic E-state index is 0.215. The fourth-order valence-corrected chi connectivity index (χ4v) is 4.71. The van der Waals surface area contributed by atoms with E-state index in [0.717, 1.165) is 49.4 Å². The van der Waals surface area contributed by atoms with Crippen LogP contribution in [0.3, 0.4) is 0 Å². The summed E-state index contributed by atoms with van der Waals surface area (Å²) in [6.07, 6.45) is 3.57. The molecule has 29 heavy (non-hydrogen) atoms. The molecule has 0 bridgehead atoms. The zero-order chi connectivity index (χ0) is 20.4. The summed E-state index contributed by atoms with van der Waals surface area (Å²) < 4.78 is 5.63. The molecule has 7 nitrogen and oxygen atoms in total. The van der Waals surface area contributed by atoms with Crippen LogP contribution >= 0.6 is 0 Å². The molecule has 154 valence electrons. The Bertz CT molecular complexity index is 894. The highest BCUT2D eigenvalue weighted by atomic mass is 16.6. The number of carbonyl (C=O) groups is 1. The molecule has 3 N–H and O–H groups in total. The molecule has 0 saturated carbocycles. The van der Waals surface area contributed by atoms with Gasteiger partial charge in [0.1, 0.15) is 18.3 Å². The molecule has 1 aromatic heterocycles. The SMILES string of the molecule is CN=C(c1cc[nH]c1N)N1CCCC2(C1)C(C)CN2C(=O)OCc1ccccc1. The third-order valence-corrected chi connectivity index (χ3v) is 6.37. The largest absolute Gasteiger partial charge is 0.445 e. The summed E-state index contributed by atoms with van der Waals surface area (Å²) in [6, 6.07) is 11.7. The number of hydrogen-bond donors (Lipinski definition) is 2. The highest BCUT2D eigenvalue weighted by Gasteiger charge is 2.56. The summed E-state index contributed by atoms with van der Waals surface area (Å²) in [5.74, 6) is 1.90. The maximum absolute atomic E-state index is 12.9. The third kappa shape index (κ3) is 3.45. The number of nitrogens with one attached hydrogen (secondary N) is 1. The van der Waals surface area contributed by atoms with Crippen LogP contribution in [0, 0.1) is 5.92 Å². The van der Waals surface area contributed by atoms with Crippen LogP contribution in [-0.4, -0.2) is 58.9 Å². The Morgan fingerprint density at radius 3 is 2.79 bits per heavy atom. The molecule has 7 heteroatoms. The molecular formula is C22H29N5O2. The molecule has 2 unspecified atom stereocenters. The molecule has 1 amide bonds. The Balaban J connectivity index is 1.48. The highest BCUT2D eigenvalue weighted by molar-refractivity contribution is 6.02. The standard InChI is InChI=1S/C22H29N5O2/c1-16-13-27(21(28)29-14-17-7-4-3-5-8-17)22(16)10-6-12-26(15-22)20(24-2)18-9-11-25-19(18)23/h3-5,7-9,11,16,25H,6,10,12-15,23H2,1-2H3. The van der Waals surface area contributed by atoms with Crippen molar-refractivity contribution in [2.24, 2.45) is 10.9 Å². The van der Waals surface area contributed by atoms with Gasteiger partial charge in [0.25, 0.3) is 0 Å². The van der Waals surface area contributed by atoms with Crippen molar-refractivity contribution in [2.75, 3.05) is 32.4 Å². The van der Waals surface area contributed by atoms with Crippen molar-refractivity contribution in [1.29, 1.82) is 0 Å². The fraction of sp³-hybridized carbons (Fsp3) is 0.455. The first-order chi connectivity index (χ1) is 14.0. The van der Waals surface area contributed by atoms with E-state index in [1.807, 2.05) is 47.5 Å². The van der Waals surface area contributed by atoms with Gasteiger partial charge in [-0.25, -0.2) is 4.79 Å². The van der Waals surface area contributed by atoms with Gasteiger partial charge in [-0.2, -0.15) is 0 Å². The van der Waals surface area contributed by atoms with E-state index in [9.17, 15) is 4.79 Å². The highest BCUT2D eigenvalue weighted by Crippen LogP contribution is 2.44. The molecule has 2 saturated heterocycles. The monoisotopic (exact) mass is 395 g/mol. The lowest BCUT2D eigenvalue weighted by atomic mass is 9.70. The van der Waals surface area contributed by atoms with E-state index in [1.54, 1.807) is 7.05 Å². The molecular weight excluding hydrogens is 366 g/mol. The molecule has 1 aromatic carbocycles. The Morgan fingerprint density at radius 2 is 2.14 bits per heavy atom. The van der Waals surface area contributed by atoms with E-state index in [4.69, 9.17) is 10.5 Å². The smallest absolute Gasteiger partial charge is 0.410 e. The van der Waals surface area contributed by atoms with Crippen molar-refractivity contribution in [3.63, 3.8) is 0 Å². The summed E-state index contributed by atoms with van der Waals surface area (Å²) in [6.45, 7) is 4.89. The summed E-state index contributed by atoms with van der Waals surface area (Å²) in [5.41, 5.74) is 7.78. The average Bonchev–Trinajstić information content (AvgIpc) is 3.17. The molecule has 3 heterocycles. The van der Waals surface area contributed by atoms with Crippen molar-refractivity contribution in [2.45, 2.75) is 31.9 Å². The van der Waals surface area contributed by atoms with Gasteiger partial charge in [0.2, 0.25) is 0 Å². The van der Waals surface area contributed by atoms with Crippen molar-refractivity contribution in [3.05, 3.63) is 53.7 Å². The number of rotatable bonds is 3. The molecule has 2 aliphatic rings. The van der Waals surface area contributed by atoms with Crippen LogP contribution < -0.4 is 5.73 Å². The molecule has 2 aliphatic heterocycles. The third-order valence-electron chi connectivity index (χ3n) is 6.37. The van der Waals surface area contributed by atoms with E-state index < -0.39 is 0 Å². The first-order valence-corrected chi connectivity index (χ1v) is 10.2. The minimum Gasteiger partial charge on any atom is -0.445 e. The number of aromatic nitrogens is 1. The van der Waals surface area contributed by atoms with E-state index in [1.165, 1.54) is 0 Å². The van der Waals surface area contributed by atoms with Crippen molar-refractivity contribution >= 4 is 17.7 Å². The van der Waals surface area contributed by atoms with Gasteiger partial charge < -0.3 is 25.3 Å². The van der Waals surface area contributed by atoms with Gasteiger partial charge in [-0.15, -0.1) is 0 Å². The molecule has 0 radical (unpaired) electrons. The Kier molecular flexibility index (Phi) is 5.22. The van der Waals surface area contributed by atoms with E-state index >= 15 is 0 Å². The van der Waals surface area contributed by atoms with Gasteiger partial charge in [0.15, 0.2) is 0 Å². The van der Waals surface area contributed by atoms with Gasteiger partial charge in [0, 0.05) is 32.9 Å². The predicted molar refractivity (Wildman–Crippen MR) is 114 cm³/mol. The Morgan fingerprint density at radius 1 is 1.34 bits per heavy atom. The van der Waals surface area contributed by atoms with Crippen LogP contribution in [0.4, 0.5) is 10.6 Å². The number of anilines is 1. The summed E-state index contributed by atoms with van der Waals surface area (Å²) in [7, 11) is 1.79. The molecule has 0 aliphatic carbocycles. The second-order valence-electron chi connectivity index (χ2n) is 8.03. The maximum Gasteiger partial charge on any atom is 0.410 e. The predicted octanol–water partition coefficient (Wildman–Crippen LogP) is 3.10. The van der Waals surface area contributed by atoms with Crippen molar-refractivity contribution < 1.29 is 9.53 Å². The van der Waals surface area contributed by atoms with E-state index in [0.29, 0.717) is 18.3 Å². The Hall–Kier alpha value is -2.96. The van der Waals surface area contributed by atoms with Gasteiger partial charge in [-0.1, -0.05) is 37.3 Å². The topological polar surface area (TPSA) is 87.0 Å². The van der Waals surface area contributed by atoms with Gasteiger partial charge in [-0.05, 0) is 30.4 Å². The number of amides is 1. The van der Waals surface area contributed by atoms with Crippen LogP contribution in [0.25, 0.3) is 0 Å². The number of likely N-dealkylation sites (tertiary alicyclic amines) is 2. The number of ether oxygens (including phenoxy) is 1. The number of aliphatic imine (C=N–C) groups is 1. The number of hydrogen-bond acceptors (Lipinski definition) is 4. The summed E-state index contributed by atoms with van der Waals surface area (Å²) >= 11 is 0. The molecule has 1 spiro atoms. The number of nitrogens with two attached hydrogens (primary N) is 1. The molecule has 4 rings (SSSR count). The normalized spacial score (nSPS) is 24.5. The quantitative estimate of drug-likeness (QED) is 0.618.